The second-order valence-electron chi connectivity index (χ2n) is 5.86. The van der Waals surface area contributed by atoms with Crippen LogP contribution in [0.25, 0.3) is 10.8 Å². The summed E-state index contributed by atoms with van der Waals surface area (Å²) in [5.74, 6) is -0.611. The van der Waals surface area contributed by atoms with Crippen LogP contribution in [0.2, 0.25) is 0 Å². The number of aromatic amines is 1. The van der Waals surface area contributed by atoms with Crippen LogP contribution in [0, 0.1) is 0 Å². The molecule has 1 atom stereocenters. The lowest BCUT2D eigenvalue weighted by Gasteiger charge is -2.14. The number of methoxy groups -OCH3 is 1. The van der Waals surface area contributed by atoms with Crippen molar-refractivity contribution >= 4 is 28.3 Å². The Balaban J connectivity index is 1.69. The number of aromatic nitrogens is 1. The summed E-state index contributed by atoms with van der Waals surface area (Å²) >= 11 is 0. The van der Waals surface area contributed by atoms with Gasteiger partial charge in [-0.25, -0.2) is 4.79 Å². The van der Waals surface area contributed by atoms with Gasteiger partial charge in [0.2, 0.25) is 0 Å². The molecule has 0 fully saturated rings. The van der Waals surface area contributed by atoms with Crippen molar-refractivity contribution in [3.05, 3.63) is 70.6 Å². The number of hydrogen-bond acceptors (Lipinski definition) is 5. The first-order valence-electron chi connectivity index (χ1n) is 8.26. The summed E-state index contributed by atoms with van der Waals surface area (Å²) in [6.07, 6.45) is -1.05. The van der Waals surface area contributed by atoms with Gasteiger partial charge in [-0.05, 0) is 48.7 Å². The summed E-state index contributed by atoms with van der Waals surface area (Å²) in [7, 11) is 1.55. The van der Waals surface area contributed by atoms with E-state index in [0.29, 0.717) is 22.2 Å². The Morgan fingerprint density at radius 1 is 1.07 bits per heavy atom. The van der Waals surface area contributed by atoms with Gasteiger partial charge in [-0.2, -0.15) is 0 Å². The molecule has 2 N–H and O–H groups in total. The summed E-state index contributed by atoms with van der Waals surface area (Å²) < 4.78 is 10.2. The van der Waals surface area contributed by atoms with Gasteiger partial charge in [0.1, 0.15) is 11.4 Å². The molecule has 0 saturated heterocycles. The quantitative estimate of drug-likeness (QED) is 0.677. The summed E-state index contributed by atoms with van der Waals surface area (Å²) in [5.41, 5.74) is 0.140. The fourth-order valence-electron chi connectivity index (χ4n) is 2.52. The molecule has 0 aliphatic rings. The Morgan fingerprint density at radius 3 is 2.48 bits per heavy atom. The van der Waals surface area contributed by atoms with E-state index in [1.54, 1.807) is 55.6 Å². The zero-order valence-electron chi connectivity index (χ0n) is 14.8. The highest BCUT2D eigenvalue weighted by Crippen LogP contribution is 2.16. The highest BCUT2D eigenvalue weighted by Gasteiger charge is 2.20. The van der Waals surface area contributed by atoms with Crippen molar-refractivity contribution in [1.29, 1.82) is 0 Å². The number of ether oxygens (including phenoxy) is 2. The van der Waals surface area contributed by atoms with E-state index < -0.39 is 23.5 Å². The summed E-state index contributed by atoms with van der Waals surface area (Å²) in [6, 6.07) is 15.2. The van der Waals surface area contributed by atoms with Crippen molar-refractivity contribution in [1.82, 2.24) is 4.98 Å². The molecule has 7 heteroatoms. The van der Waals surface area contributed by atoms with Crippen LogP contribution in [0.3, 0.4) is 0 Å². The first-order chi connectivity index (χ1) is 13.0. The molecule has 1 amide bonds. The third-order valence-electron chi connectivity index (χ3n) is 3.98. The molecule has 1 aromatic heterocycles. The minimum atomic E-state index is -1.05. The van der Waals surface area contributed by atoms with Gasteiger partial charge in [0.05, 0.1) is 7.11 Å². The van der Waals surface area contributed by atoms with Crippen LogP contribution in [-0.2, 0) is 9.53 Å². The number of pyridine rings is 1. The highest BCUT2D eigenvalue weighted by atomic mass is 16.5. The minimum absolute atomic E-state index is 0.0113. The molecular weight excluding hydrogens is 348 g/mol. The van der Waals surface area contributed by atoms with Crippen LogP contribution in [-0.4, -0.2) is 30.1 Å². The lowest BCUT2D eigenvalue weighted by atomic mass is 10.1. The fourth-order valence-corrected chi connectivity index (χ4v) is 2.52. The van der Waals surface area contributed by atoms with Crippen molar-refractivity contribution in [2.75, 3.05) is 12.4 Å². The van der Waals surface area contributed by atoms with Crippen molar-refractivity contribution in [2.45, 2.75) is 13.0 Å². The number of carbonyl (C=O) groups is 2. The molecule has 138 valence electrons. The van der Waals surface area contributed by atoms with Crippen molar-refractivity contribution < 1.29 is 19.1 Å². The Hall–Kier alpha value is -3.61. The molecule has 0 aliphatic heterocycles. The lowest BCUT2D eigenvalue weighted by Crippen LogP contribution is -2.30. The van der Waals surface area contributed by atoms with E-state index in [-0.39, 0.29) is 5.69 Å². The molecule has 3 aromatic rings. The Bertz CT molecular complexity index is 1040. The van der Waals surface area contributed by atoms with Crippen LogP contribution < -0.4 is 15.6 Å². The number of amides is 1. The maximum atomic E-state index is 12.3. The van der Waals surface area contributed by atoms with Gasteiger partial charge < -0.3 is 19.8 Å². The fraction of sp³-hybridized carbons (Fsp3) is 0.150. The SMILES string of the molecule is COc1ccc(NC(=O)[C@H](C)OC(=O)c2cc3ccccc3c(=O)[nH]2)cc1. The van der Waals surface area contributed by atoms with E-state index >= 15 is 0 Å². The summed E-state index contributed by atoms with van der Waals surface area (Å²) in [6.45, 7) is 1.45. The Labute approximate surface area is 154 Å². The Kier molecular flexibility index (Phi) is 5.21. The molecule has 1 heterocycles. The van der Waals surface area contributed by atoms with Crippen LogP contribution in [0.1, 0.15) is 17.4 Å². The number of fused-ring (bicyclic) bond motifs is 1. The predicted octanol–water partition coefficient (Wildman–Crippen LogP) is 2.72. The first kappa shape index (κ1) is 18.2. The van der Waals surface area contributed by atoms with E-state index in [1.807, 2.05) is 0 Å². The summed E-state index contributed by atoms with van der Waals surface area (Å²) in [4.78, 5) is 39.1. The maximum absolute atomic E-state index is 12.3. The van der Waals surface area contributed by atoms with Crippen molar-refractivity contribution in [2.24, 2.45) is 0 Å². The van der Waals surface area contributed by atoms with Crippen LogP contribution in [0.5, 0.6) is 5.75 Å². The van der Waals surface area contributed by atoms with Gasteiger partial charge >= 0.3 is 5.97 Å². The average Bonchev–Trinajstić information content (AvgIpc) is 2.68. The van der Waals surface area contributed by atoms with Gasteiger partial charge in [-0.1, -0.05) is 18.2 Å². The number of esters is 1. The van der Waals surface area contributed by atoms with Gasteiger partial charge in [0.25, 0.3) is 11.5 Å². The molecule has 7 nitrogen and oxygen atoms in total. The summed E-state index contributed by atoms with van der Waals surface area (Å²) in [5, 5.41) is 3.73. The zero-order valence-corrected chi connectivity index (χ0v) is 14.8. The van der Waals surface area contributed by atoms with Crippen LogP contribution in [0.15, 0.2) is 59.4 Å². The third kappa shape index (κ3) is 4.14. The average molecular weight is 366 g/mol. The third-order valence-corrected chi connectivity index (χ3v) is 3.98. The van der Waals surface area contributed by atoms with Gasteiger partial charge in [0.15, 0.2) is 6.10 Å². The number of benzene rings is 2. The molecule has 3 rings (SSSR count). The lowest BCUT2D eigenvalue weighted by molar-refractivity contribution is -0.123. The number of nitrogens with one attached hydrogen (secondary N) is 2. The maximum Gasteiger partial charge on any atom is 0.355 e. The molecule has 0 spiro atoms. The Morgan fingerprint density at radius 2 is 1.78 bits per heavy atom. The molecule has 2 aromatic carbocycles. The second-order valence-corrected chi connectivity index (χ2v) is 5.86. The molecule has 27 heavy (non-hydrogen) atoms. The van der Waals surface area contributed by atoms with E-state index in [9.17, 15) is 14.4 Å². The largest absolute Gasteiger partial charge is 0.497 e. The number of carbonyl (C=O) groups excluding carboxylic acids is 2. The van der Waals surface area contributed by atoms with E-state index in [4.69, 9.17) is 9.47 Å². The molecule has 0 radical (unpaired) electrons. The van der Waals surface area contributed by atoms with Gasteiger partial charge in [-0.15, -0.1) is 0 Å². The molecule has 0 bridgehead atoms. The van der Waals surface area contributed by atoms with E-state index in [2.05, 4.69) is 10.3 Å². The second kappa shape index (κ2) is 7.74. The van der Waals surface area contributed by atoms with Crippen LogP contribution in [0.4, 0.5) is 5.69 Å². The number of anilines is 1. The predicted molar refractivity (Wildman–Crippen MR) is 101 cm³/mol. The monoisotopic (exact) mass is 366 g/mol. The van der Waals surface area contributed by atoms with Crippen LogP contribution >= 0.6 is 0 Å². The molecule has 0 saturated carbocycles. The van der Waals surface area contributed by atoms with Crippen molar-refractivity contribution in [3.8, 4) is 5.75 Å². The molecular formula is C20H18N2O5. The normalized spacial score (nSPS) is 11.6. The minimum Gasteiger partial charge on any atom is -0.497 e. The topological polar surface area (TPSA) is 97.5 Å². The number of H-pyrrole nitrogens is 1. The zero-order chi connectivity index (χ0) is 19.4. The van der Waals surface area contributed by atoms with E-state index in [1.165, 1.54) is 13.0 Å². The smallest absolute Gasteiger partial charge is 0.355 e. The highest BCUT2D eigenvalue weighted by molar-refractivity contribution is 5.98. The standard InChI is InChI=1S/C20H18N2O5/c1-12(18(23)21-14-7-9-15(26-2)10-8-14)27-20(25)17-11-13-5-3-4-6-16(13)19(24)22-17/h3-12H,1-2H3,(H,21,23)(H,22,24)/t12-/m0/s1. The first-order valence-corrected chi connectivity index (χ1v) is 8.26. The van der Waals surface area contributed by atoms with Gasteiger partial charge in [0, 0.05) is 11.1 Å². The number of rotatable bonds is 5. The van der Waals surface area contributed by atoms with Crippen molar-refractivity contribution in [3.63, 3.8) is 0 Å². The van der Waals surface area contributed by atoms with Gasteiger partial charge in [-0.3, -0.25) is 9.59 Å². The number of hydrogen-bond donors (Lipinski definition) is 2. The molecule has 0 aliphatic carbocycles. The molecule has 0 unspecified atom stereocenters. The van der Waals surface area contributed by atoms with E-state index in [0.717, 1.165) is 0 Å².